The molecule has 1 unspecified atom stereocenters. The molecule has 4 heteroatoms. The number of piperidine rings is 1. The van der Waals surface area contributed by atoms with Crippen LogP contribution in [0.1, 0.15) is 24.8 Å². The summed E-state index contributed by atoms with van der Waals surface area (Å²) in [6.07, 6.45) is 4.17. The van der Waals surface area contributed by atoms with Gasteiger partial charge in [-0.1, -0.05) is 18.6 Å². The summed E-state index contributed by atoms with van der Waals surface area (Å²) < 4.78 is 5.90. The minimum atomic E-state index is 0.778. The number of hydrogen-bond donors (Lipinski definition) is 1. The van der Waals surface area contributed by atoms with E-state index in [-0.39, 0.29) is 0 Å². The number of para-hydroxylation sites is 1. The molecule has 4 nitrogen and oxygen atoms in total. The van der Waals surface area contributed by atoms with Gasteiger partial charge in [-0.2, -0.15) is 0 Å². The largest absolute Gasteiger partial charge is 0.489 e. The Morgan fingerprint density at radius 1 is 1.19 bits per heavy atom. The van der Waals surface area contributed by atoms with Crippen molar-refractivity contribution in [3.63, 3.8) is 0 Å². The SMILES string of the molecule is c1cc(CN2CCN3CCCCC3C2)c2c(c1)NCCO2. The Balaban J connectivity index is 1.46. The fourth-order valence-electron chi connectivity index (χ4n) is 3.96. The molecule has 4 rings (SSSR count). The van der Waals surface area contributed by atoms with Gasteiger partial charge in [-0.15, -0.1) is 0 Å². The van der Waals surface area contributed by atoms with Crippen molar-refractivity contribution in [2.45, 2.75) is 31.8 Å². The van der Waals surface area contributed by atoms with Gasteiger partial charge in [0.25, 0.3) is 0 Å². The van der Waals surface area contributed by atoms with Crippen molar-refractivity contribution >= 4 is 5.69 Å². The molecular weight excluding hydrogens is 262 g/mol. The Labute approximate surface area is 127 Å². The first-order valence-corrected chi connectivity index (χ1v) is 8.35. The van der Waals surface area contributed by atoms with Crippen LogP contribution in [-0.4, -0.2) is 55.2 Å². The Bertz CT molecular complexity index is 505. The Morgan fingerprint density at radius 2 is 2.19 bits per heavy atom. The van der Waals surface area contributed by atoms with E-state index < -0.39 is 0 Å². The quantitative estimate of drug-likeness (QED) is 0.902. The first-order chi connectivity index (χ1) is 10.4. The predicted molar refractivity (Wildman–Crippen MR) is 84.9 cm³/mol. The number of anilines is 1. The molecule has 1 aromatic carbocycles. The highest BCUT2D eigenvalue weighted by Crippen LogP contribution is 2.32. The number of nitrogens with one attached hydrogen (secondary N) is 1. The van der Waals surface area contributed by atoms with E-state index in [1.54, 1.807) is 0 Å². The molecule has 0 spiro atoms. The van der Waals surface area contributed by atoms with E-state index in [1.807, 2.05) is 0 Å². The molecule has 2 fully saturated rings. The van der Waals surface area contributed by atoms with E-state index in [4.69, 9.17) is 4.74 Å². The van der Waals surface area contributed by atoms with Gasteiger partial charge >= 0.3 is 0 Å². The molecule has 3 heterocycles. The molecule has 114 valence electrons. The number of piperazine rings is 1. The number of nitrogens with zero attached hydrogens (tertiary/aromatic N) is 2. The summed E-state index contributed by atoms with van der Waals surface area (Å²) in [7, 11) is 0. The lowest BCUT2D eigenvalue weighted by Crippen LogP contribution is -2.54. The molecule has 0 aliphatic carbocycles. The minimum Gasteiger partial charge on any atom is -0.489 e. The van der Waals surface area contributed by atoms with Gasteiger partial charge in [0, 0.05) is 44.3 Å². The van der Waals surface area contributed by atoms with Crippen LogP contribution in [-0.2, 0) is 6.54 Å². The van der Waals surface area contributed by atoms with Gasteiger partial charge in [0.2, 0.25) is 0 Å². The monoisotopic (exact) mass is 287 g/mol. The third kappa shape index (κ3) is 2.74. The second-order valence-corrected chi connectivity index (χ2v) is 6.49. The Morgan fingerprint density at radius 3 is 3.19 bits per heavy atom. The van der Waals surface area contributed by atoms with Crippen LogP contribution in [0.3, 0.4) is 0 Å². The van der Waals surface area contributed by atoms with E-state index >= 15 is 0 Å². The molecule has 21 heavy (non-hydrogen) atoms. The topological polar surface area (TPSA) is 27.7 Å². The fraction of sp³-hybridized carbons (Fsp3) is 0.647. The fourth-order valence-corrected chi connectivity index (χ4v) is 3.96. The molecule has 0 saturated carbocycles. The molecule has 0 aromatic heterocycles. The Kier molecular flexibility index (Phi) is 3.74. The van der Waals surface area contributed by atoms with Crippen LogP contribution in [0.15, 0.2) is 18.2 Å². The lowest BCUT2D eigenvalue weighted by atomic mass is 9.99. The average Bonchev–Trinajstić information content (AvgIpc) is 2.55. The maximum Gasteiger partial charge on any atom is 0.146 e. The van der Waals surface area contributed by atoms with Crippen LogP contribution in [0, 0.1) is 0 Å². The van der Waals surface area contributed by atoms with E-state index in [0.717, 1.165) is 37.2 Å². The van der Waals surface area contributed by atoms with Gasteiger partial charge in [-0.3, -0.25) is 9.80 Å². The van der Waals surface area contributed by atoms with Gasteiger partial charge in [-0.25, -0.2) is 0 Å². The molecule has 3 aliphatic heterocycles. The Hall–Kier alpha value is -1.26. The normalized spacial score (nSPS) is 26.4. The van der Waals surface area contributed by atoms with Crippen molar-refractivity contribution < 1.29 is 4.74 Å². The van der Waals surface area contributed by atoms with E-state index in [9.17, 15) is 0 Å². The highest BCUT2D eigenvalue weighted by atomic mass is 16.5. The third-order valence-corrected chi connectivity index (χ3v) is 5.08. The maximum atomic E-state index is 5.90. The van der Waals surface area contributed by atoms with Crippen molar-refractivity contribution in [2.75, 3.05) is 44.6 Å². The van der Waals surface area contributed by atoms with Crippen molar-refractivity contribution in [1.29, 1.82) is 0 Å². The summed E-state index contributed by atoms with van der Waals surface area (Å²) in [6, 6.07) is 7.27. The zero-order chi connectivity index (χ0) is 14.1. The summed E-state index contributed by atoms with van der Waals surface area (Å²) >= 11 is 0. The van der Waals surface area contributed by atoms with Gasteiger partial charge in [0.1, 0.15) is 12.4 Å². The van der Waals surface area contributed by atoms with Crippen molar-refractivity contribution in [1.82, 2.24) is 9.80 Å². The molecule has 1 atom stereocenters. The maximum absolute atomic E-state index is 5.90. The molecular formula is C17H25N3O. The van der Waals surface area contributed by atoms with Gasteiger partial charge in [0.05, 0.1) is 5.69 Å². The lowest BCUT2D eigenvalue weighted by Gasteiger charge is -2.44. The average molecular weight is 287 g/mol. The molecule has 0 radical (unpaired) electrons. The predicted octanol–water partition coefficient (Wildman–Crippen LogP) is 2.16. The van der Waals surface area contributed by atoms with Crippen molar-refractivity contribution in [3.8, 4) is 5.75 Å². The second kappa shape index (κ2) is 5.85. The van der Waals surface area contributed by atoms with Crippen molar-refractivity contribution in [2.24, 2.45) is 0 Å². The van der Waals surface area contributed by atoms with Crippen LogP contribution in [0.4, 0.5) is 5.69 Å². The first-order valence-electron chi connectivity index (χ1n) is 8.35. The smallest absolute Gasteiger partial charge is 0.146 e. The van der Waals surface area contributed by atoms with Gasteiger partial charge in [0.15, 0.2) is 0 Å². The highest BCUT2D eigenvalue weighted by molar-refractivity contribution is 5.61. The minimum absolute atomic E-state index is 0.778. The lowest BCUT2D eigenvalue weighted by molar-refractivity contribution is 0.0452. The molecule has 2 saturated heterocycles. The first kappa shape index (κ1) is 13.4. The van der Waals surface area contributed by atoms with Gasteiger partial charge < -0.3 is 10.1 Å². The number of benzene rings is 1. The number of hydrogen-bond acceptors (Lipinski definition) is 4. The standard InChI is InChI=1S/C17H25N3O/c1-2-8-20-10-9-19(13-15(20)5-1)12-14-4-3-6-16-17(14)21-11-7-18-16/h3-4,6,15,18H,1-2,5,7-13H2. The van der Waals surface area contributed by atoms with Crippen LogP contribution in [0.25, 0.3) is 0 Å². The summed E-state index contributed by atoms with van der Waals surface area (Å²) in [5.74, 6) is 1.08. The van der Waals surface area contributed by atoms with Crippen molar-refractivity contribution in [3.05, 3.63) is 23.8 Å². The van der Waals surface area contributed by atoms with E-state index in [1.165, 1.54) is 51.0 Å². The second-order valence-electron chi connectivity index (χ2n) is 6.49. The van der Waals surface area contributed by atoms with Crippen LogP contribution in [0.5, 0.6) is 5.75 Å². The summed E-state index contributed by atoms with van der Waals surface area (Å²) in [6.45, 7) is 7.67. The summed E-state index contributed by atoms with van der Waals surface area (Å²) in [4.78, 5) is 5.30. The van der Waals surface area contributed by atoms with E-state index in [2.05, 4.69) is 33.3 Å². The van der Waals surface area contributed by atoms with Crippen LogP contribution < -0.4 is 10.1 Å². The van der Waals surface area contributed by atoms with Gasteiger partial charge in [-0.05, 0) is 25.5 Å². The molecule has 0 amide bonds. The van der Waals surface area contributed by atoms with Crippen LogP contribution in [0.2, 0.25) is 0 Å². The highest BCUT2D eigenvalue weighted by Gasteiger charge is 2.29. The van der Waals surface area contributed by atoms with Crippen LogP contribution >= 0.6 is 0 Å². The molecule has 1 N–H and O–H groups in total. The summed E-state index contributed by atoms with van der Waals surface area (Å²) in [5, 5.41) is 3.43. The molecule has 1 aromatic rings. The summed E-state index contributed by atoms with van der Waals surface area (Å²) in [5.41, 5.74) is 2.50. The molecule has 0 bridgehead atoms. The number of ether oxygens (including phenoxy) is 1. The molecule has 3 aliphatic rings. The zero-order valence-electron chi connectivity index (χ0n) is 12.7. The third-order valence-electron chi connectivity index (χ3n) is 5.08. The van der Waals surface area contributed by atoms with E-state index in [0.29, 0.717) is 0 Å². The zero-order valence-corrected chi connectivity index (χ0v) is 12.7. The number of fused-ring (bicyclic) bond motifs is 2. The number of rotatable bonds is 2.